The SMILES string of the molecule is Cc1nc2sccc2c2nc(N)nn12. The summed E-state index contributed by atoms with van der Waals surface area (Å²) >= 11 is 1.59. The normalized spacial score (nSPS) is 11.5. The van der Waals surface area contributed by atoms with Crippen molar-refractivity contribution in [3.05, 3.63) is 17.3 Å². The molecule has 0 radical (unpaired) electrons. The molecule has 14 heavy (non-hydrogen) atoms. The summed E-state index contributed by atoms with van der Waals surface area (Å²) in [6.07, 6.45) is 0. The Morgan fingerprint density at radius 3 is 3.14 bits per heavy atom. The lowest BCUT2D eigenvalue weighted by molar-refractivity contribution is 0.883. The number of hydrogen-bond donors (Lipinski definition) is 1. The molecule has 3 rings (SSSR count). The summed E-state index contributed by atoms with van der Waals surface area (Å²) in [5.74, 6) is 1.09. The Balaban J connectivity index is 2.65. The first-order chi connectivity index (χ1) is 6.75. The number of nitrogens with two attached hydrogens (primary N) is 1. The van der Waals surface area contributed by atoms with Gasteiger partial charge in [-0.2, -0.15) is 9.50 Å². The lowest BCUT2D eigenvalue weighted by Crippen LogP contribution is -1.97. The third-order valence-corrected chi connectivity index (χ3v) is 2.89. The lowest BCUT2D eigenvalue weighted by Gasteiger charge is -1.96. The molecule has 0 saturated carbocycles. The molecule has 0 spiro atoms. The van der Waals surface area contributed by atoms with Crippen molar-refractivity contribution in [2.24, 2.45) is 0 Å². The zero-order valence-corrected chi connectivity index (χ0v) is 8.25. The summed E-state index contributed by atoms with van der Waals surface area (Å²) in [7, 11) is 0. The molecule has 0 aromatic carbocycles. The Bertz CT molecular complexity index is 623. The summed E-state index contributed by atoms with van der Waals surface area (Å²) in [4.78, 5) is 9.55. The van der Waals surface area contributed by atoms with E-state index in [1.807, 2.05) is 18.4 Å². The van der Waals surface area contributed by atoms with Gasteiger partial charge in [-0.05, 0) is 18.4 Å². The van der Waals surface area contributed by atoms with Gasteiger partial charge in [0.25, 0.3) is 0 Å². The molecule has 3 aromatic rings. The fourth-order valence-corrected chi connectivity index (χ4v) is 2.28. The highest BCUT2D eigenvalue weighted by molar-refractivity contribution is 7.16. The van der Waals surface area contributed by atoms with Crippen molar-refractivity contribution < 1.29 is 0 Å². The average molecular weight is 205 g/mol. The van der Waals surface area contributed by atoms with E-state index >= 15 is 0 Å². The first-order valence-electron chi connectivity index (χ1n) is 4.12. The molecule has 6 heteroatoms. The molecule has 0 saturated heterocycles. The molecule has 0 amide bonds. The summed E-state index contributed by atoms with van der Waals surface area (Å²) in [5, 5.41) is 7.06. The zero-order valence-electron chi connectivity index (χ0n) is 7.43. The first kappa shape index (κ1) is 7.69. The third kappa shape index (κ3) is 0.856. The predicted octanol–water partition coefficient (Wildman–Crippen LogP) is 1.23. The standard InChI is InChI=1S/C8H7N5S/c1-4-10-7-5(2-3-14-7)6-11-8(9)12-13(4)6/h2-3H,1H3,(H2,9,12). The molecule has 2 N–H and O–H groups in total. The maximum Gasteiger partial charge on any atom is 0.240 e. The van der Waals surface area contributed by atoms with Gasteiger partial charge in [-0.3, -0.25) is 0 Å². The van der Waals surface area contributed by atoms with Gasteiger partial charge < -0.3 is 5.73 Å². The van der Waals surface area contributed by atoms with Gasteiger partial charge in [0.2, 0.25) is 5.95 Å². The minimum Gasteiger partial charge on any atom is -0.366 e. The number of thiophene rings is 1. The second-order valence-electron chi connectivity index (χ2n) is 3.00. The van der Waals surface area contributed by atoms with Crippen molar-refractivity contribution in [3.8, 4) is 0 Å². The quantitative estimate of drug-likeness (QED) is 0.599. The van der Waals surface area contributed by atoms with Gasteiger partial charge in [0.15, 0.2) is 5.65 Å². The number of nitrogens with zero attached hydrogens (tertiary/aromatic N) is 4. The predicted molar refractivity (Wildman–Crippen MR) is 55.3 cm³/mol. The molecule has 0 unspecified atom stereocenters. The van der Waals surface area contributed by atoms with Crippen LogP contribution in [0.3, 0.4) is 0 Å². The van der Waals surface area contributed by atoms with Crippen molar-refractivity contribution >= 4 is 33.1 Å². The second kappa shape index (κ2) is 2.42. The summed E-state index contributed by atoms with van der Waals surface area (Å²) in [6, 6.07) is 1.98. The lowest BCUT2D eigenvalue weighted by atomic mass is 10.4. The van der Waals surface area contributed by atoms with Crippen LogP contribution in [0.25, 0.3) is 15.9 Å². The Kier molecular flexibility index (Phi) is 1.33. The van der Waals surface area contributed by atoms with Gasteiger partial charge in [-0.1, -0.05) is 0 Å². The van der Waals surface area contributed by atoms with Crippen molar-refractivity contribution in [1.29, 1.82) is 0 Å². The smallest absolute Gasteiger partial charge is 0.240 e. The summed E-state index contributed by atoms with van der Waals surface area (Å²) in [5.41, 5.74) is 6.34. The van der Waals surface area contributed by atoms with Crippen molar-refractivity contribution in [3.63, 3.8) is 0 Å². The van der Waals surface area contributed by atoms with Gasteiger partial charge in [0.05, 0.1) is 5.39 Å². The number of aromatic nitrogens is 4. The molecule has 3 aromatic heterocycles. The molecule has 0 bridgehead atoms. The molecule has 5 nitrogen and oxygen atoms in total. The van der Waals surface area contributed by atoms with E-state index < -0.39 is 0 Å². The Morgan fingerprint density at radius 2 is 2.29 bits per heavy atom. The molecule has 0 atom stereocenters. The average Bonchev–Trinajstić information content (AvgIpc) is 2.69. The largest absolute Gasteiger partial charge is 0.366 e. The molecule has 0 aliphatic rings. The number of anilines is 1. The maximum atomic E-state index is 5.55. The van der Waals surface area contributed by atoms with Crippen LogP contribution in [0.2, 0.25) is 0 Å². The van der Waals surface area contributed by atoms with E-state index in [1.165, 1.54) is 0 Å². The van der Waals surface area contributed by atoms with Crippen molar-refractivity contribution in [2.75, 3.05) is 5.73 Å². The van der Waals surface area contributed by atoms with Crippen LogP contribution in [0.5, 0.6) is 0 Å². The Labute approximate surface area is 83.2 Å². The van der Waals surface area contributed by atoms with Crippen LogP contribution in [0, 0.1) is 6.92 Å². The van der Waals surface area contributed by atoms with Crippen LogP contribution in [0.4, 0.5) is 5.95 Å². The molecular weight excluding hydrogens is 198 g/mol. The zero-order chi connectivity index (χ0) is 9.71. The fourth-order valence-electron chi connectivity index (χ4n) is 1.48. The van der Waals surface area contributed by atoms with Gasteiger partial charge in [0, 0.05) is 0 Å². The van der Waals surface area contributed by atoms with Crippen LogP contribution in [-0.2, 0) is 0 Å². The minimum atomic E-state index is 0.286. The number of rotatable bonds is 0. The fraction of sp³-hybridized carbons (Fsp3) is 0.125. The van der Waals surface area contributed by atoms with E-state index in [2.05, 4.69) is 15.1 Å². The third-order valence-electron chi connectivity index (χ3n) is 2.08. The van der Waals surface area contributed by atoms with Gasteiger partial charge in [0.1, 0.15) is 10.7 Å². The van der Waals surface area contributed by atoms with Gasteiger partial charge in [-0.15, -0.1) is 16.4 Å². The van der Waals surface area contributed by atoms with Crippen molar-refractivity contribution in [1.82, 2.24) is 19.6 Å². The Morgan fingerprint density at radius 1 is 1.43 bits per heavy atom. The topological polar surface area (TPSA) is 69.1 Å². The van der Waals surface area contributed by atoms with Gasteiger partial charge >= 0.3 is 0 Å². The molecule has 0 aliphatic heterocycles. The number of fused-ring (bicyclic) bond motifs is 3. The van der Waals surface area contributed by atoms with E-state index in [4.69, 9.17) is 5.73 Å². The molecular formula is C8H7N5S. The van der Waals surface area contributed by atoms with E-state index in [0.29, 0.717) is 0 Å². The molecule has 0 aliphatic carbocycles. The van der Waals surface area contributed by atoms with Crippen LogP contribution < -0.4 is 5.73 Å². The highest BCUT2D eigenvalue weighted by Gasteiger charge is 2.09. The summed E-state index contributed by atoms with van der Waals surface area (Å²) in [6.45, 7) is 1.89. The molecule has 70 valence electrons. The van der Waals surface area contributed by atoms with Crippen LogP contribution >= 0.6 is 11.3 Å². The van der Waals surface area contributed by atoms with Crippen LogP contribution in [-0.4, -0.2) is 19.6 Å². The first-order valence-corrected chi connectivity index (χ1v) is 5.00. The molecule has 0 fully saturated rings. The number of hydrogen-bond acceptors (Lipinski definition) is 5. The second-order valence-corrected chi connectivity index (χ2v) is 3.90. The van der Waals surface area contributed by atoms with E-state index in [0.717, 1.165) is 21.7 Å². The van der Waals surface area contributed by atoms with Crippen molar-refractivity contribution in [2.45, 2.75) is 6.92 Å². The summed E-state index contributed by atoms with van der Waals surface area (Å²) < 4.78 is 1.67. The monoisotopic (exact) mass is 205 g/mol. The van der Waals surface area contributed by atoms with Gasteiger partial charge in [-0.25, -0.2) is 4.98 Å². The number of aryl methyl sites for hydroxylation is 1. The van der Waals surface area contributed by atoms with E-state index in [-0.39, 0.29) is 5.95 Å². The Hall–Kier alpha value is -1.69. The highest BCUT2D eigenvalue weighted by atomic mass is 32.1. The van der Waals surface area contributed by atoms with Crippen LogP contribution in [0.15, 0.2) is 11.4 Å². The van der Waals surface area contributed by atoms with E-state index in [1.54, 1.807) is 15.9 Å². The molecule has 3 heterocycles. The minimum absolute atomic E-state index is 0.286. The van der Waals surface area contributed by atoms with Crippen LogP contribution in [0.1, 0.15) is 5.82 Å². The van der Waals surface area contributed by atoms with E-state index in [9.17, 15) is 0 Å². The number of nitrogen functional groups attached to an aromatic ring is 1. The highest BCUT2D eigenvalue weighted by Crippen LogP contribution is 2.23. The maximum absolute atomic E-state index is 5.55.